The van der Waals surface area contributed by atoms with Crippen LogP contribution in [0.25, 0.3) is 4.85 Å². The normalized spacial score (nSPS) is 7.91. The Bertz CT molecular complexity index is 328. The molecule has 0 saturated carbocycles. The van der Waals surface area contributed by atoms with E-state index in [0.717, 1.165) is 0 Å². The molecule has 0 atom stereocenters. The van der Waals surface area contributed by atoms with E-state index in [9.17, 15) is 4.79 Å². The van der Waals surface area contributed by atoms with E-state index in [1.54, 1.807) is 24.3 Å². The van der Waals surface area contributed by atoms with Crippen molar-refractivity contribution < 1.29 is 4.79 Å². The fourth-order valence-corrected chi connectivity index (χ4v) is 0.654. The van der Waals surface area contributed by atoms with Crippen molar-refractivity contribution in [3.05, 3.63) is 35.7 Å². The molecule has 1 rings (SSSR count). The van der Waals surface area contributed by atoms with Crippen LogP contribution in [0.3, 0.4) is 0 Å². The maximum atomic E-state index is 9.78. The van der Waals surface area contributed by atoms with E-state index >= 15 is 0 Å². The SMILES string of the molecule is [C-]#[N+]c1ccc(N=C=O)cc1. The van der Waals surface area contributed by atoms with Gasteiger partial charge >= 0.3 is 0 Å². The Morgan fingerprint density at radius 1 is 1.36 bits per heavy atom. The lowest BCUT2D eigenvalue weighted by atomic mass is 10.3. The van der Waals surface area contributed by atoms with Crippen molar-refractivity contribution in [3.8, 4) is 0 Å². The van der Waals surface area contributed by atoms with E-state index < -0.39 is 0 Å². The largest absolute Gasteiger partial charge is 0.240 e. The predicted octanol–water partition coefficient (Wildman–Crippen LogP) is 2.20. The summed E-state index contributed by atoms with van der Waals surface area (Å²) in [5.74, 6) is 0. The van der Waals surface area contributed by atoms with Crippen LogP contribution in [-0.4, -0.2) is 6.08 Å². The highest BCUT2D eigenvalue weighted by Crippen LogP contribution is 2.17. The molecule has 0 saturated heterocycles. The summed E-state index contributed by atoms with van der Waals surface area (Å²) in [6, 6.07) is 6.39. The first-order valence-corrected chi connectivity index (χ1v) is 2.92. The van der Waals surface area contributed by atoms with Gasteiger partial charge in [0, 0.05) is 0 Å². The van der Waals surface area contributed by atoms with Crippen LogP contribution in [0.15, 0.2) is 29.3 Å². The van der Waals surface area contributed by atoms with Crippen LogP contribution in [-0.2, 0) is 4.79 Å². The van der Waals surface area contributed by atoms with Gasteiger partial charge in [0.1, 0.15) is 0 Å². The Morgan fingerprint density at radius 3 is 2.45 bits per heavy atom. The van der Waals surface area contributed by atoms with Gasteiger partial charge in [-0.1, -0.05) is 12.1 Å². The highest BCUT2D eigenvalue weighted by atomic mass is 16.1. The highest BCUT2D eigenvalue weighted by Gasteiger charge is 1.89. The molecule has 0 aliphatic heterocycles. The van der Waals surface area contributed by atoms with Crippen LogP contribution in [0, 0.1) is 6.57 Å². The summed E-state index contributed by atoms with van der Waals surface area (Å²) in [4.78, 5) is 16.3. The molecule has 0 amide bonds. The van der Waals surface area contributed by atoms with Crippen LogP contribution in [0.4, 0.5) is 11.4 Å². The molecule has 0 aliphatic carbocycles. The van der Waals surface area contributed by atoms with Crippen LogP contribution in [0.2, 0.25) is 0 Å². The van der Waals surface area contributed by atoms with Gasteiger partial charge < -0.3 is 0 Å². The first kappa shape index (κ1) is 7.20. The summed E-state index contributed by atoms with van der Waals surface area (Å²) in [6.07, 6.45) is 1.42. The zero-order valence-corrected chi connectivity index (χ0v) is 5.61. The van der Waals surface area contributed by atoms with Crippen LogP contribution in [0.1, 0.15) is 0 Å². The smallest absolute Gasteiger partial charge is 0.238 e. The number of nitrogens with zero attached hydrogens (tertiary/aromatic N) is 2. The van der Waals surface area contributed by atoms with E-state index in [4.69, 9.17) is 6.57 Å². The number of hydrogen-bond donors (Lipinski definition) is 0. The van der Waals surface area contributed by atoms with Crippen molar-refractivity contribution in [2.45, 2.75) is 0 Å². The van der Waals surface area contributed by atoms with Crippen LogP contribution >= 0.6 is 0 Å². The number of isocyanates is 1. The minimum Gasteiger partial charge on any atom is -0.238 e. The quantitative estimate of drug-likeness (QED) is 0.338. The maximum absolute atomic E-state index is 9.78. The number of hydrogen-bond acceptors (Lipinski definition) is 2. The van der Waals surface area contributed by atoms with Gasteiger partial charge in [0.15, 0.2) is 5.69 Å². The van der Waals surface area contributed by atoms with Crippen molar-refractivity contribution >= 4 is 17.5 Å². The third-order valence-corrected chi connectivity index (χ3v) is 1.15. The van der Waals surface area contributed by atoms with Crippen LogP contribution < -0.4 is 0 Å². The molecule has 52 valence electrons. The highest BCUT2D eigenvalue weighted by molar-refractivity contribution is 5.55. The summed E-state index contributed by atoms with van der Waals surface area (Å²) < 4.78 is 0. The molecule has 3 heteroatoms. The second-order valence-corrected chi connectivity index (χ2v) is 1.83. The third-order valence-electron chi connectivity index (χ3n) is 1.15. The minimum atomic E-state index is 0.521. The van der Waals surface area contributed by atoms with Crippen molar-refractivity contribution in [2.24, 2.45) is 4.99 Å². The molecule has 3 nitrogen and oxygen atoms in total. The lowest BCUT2D eigenvalue weighted by Gasteiger charge is -1.88. The Balaban J connectivity index is 3.02. The standard InChI is InChI=1S/C8H4N2O/c1-9-7-2-4-8(5-3-7)10-6-11/h2-5H. The Morgan fingerprint density at radius 2 is 2.00 bits per heavy atom. The molecule has 0 fully saturated rings. The Labute approximate surface area is 63.8 Å². The van der Waals surface area contributed by atoms with Crippen molar-refractivity contribution in [2.75, 3.05) is 0 Å². The molecular formula is C8H4N2O. The lowest BCUT2D eigenvalue weighted by Crippen LogP contribution is -1.62. The van der Waals surface area contributed by atoms with Gasteiger partial charge in [0.2, 0.25) is 6.08 Å². The molecule has 0 aliphatic rings. The van der Waals surface area contributed by atoms with Gasteiger partial charge in [0.05, 0.1) is 12.3 Å². The average Bonchev–Trinajstić information content (AvgIpc) is 2.07. The second kappa shape index (κ2) is 3.31. The van der Waals surface area contributed by atoms with Gasteiger partial charge in [-0.25, -0.2) is 9.64 Å². The number of carbonyl (C=O) groups excluding carboxylic acids is 1. The summed E-state index contributed by atoms with van der Waals surface area (Å²) in [7, 11) is 0. The zero-order valence-electron chi connectivity index (χ0n) is 5.61. The lowest BCUT2D eigenvalue weighted by molar-refractivity contribution is 0.565. The summed E-state index contributed by atoms with van der Waals surface area (Å²) in [5, 5.41) is 0. The van der Waals surface area contributed by atoms with Gasteiger partial charge in [-0.3, -0.25) is 0 Å². The monoisotopic (exact) mass is 144 g/mol. The van der Waals surface area contributed by atoms with Gasteiger partial charge in [-0.2, -0.15) is 4.99 Å². The number of aliphatic imine (C=N–C) groups is 1. The fourth-order valence-electron chi connectivity index (χ4n) is 0.654. The molecule has 1 aromatic carbocycles. The topological polar surface area (TPSA) is 33.8 Å². The molecule has 0 unspecified atom stereocenters. The maximum Gasteiger partial charge on any atom is 0.240 e. The minimum absolute atomic E-state index is 0.521. The van der Waals surface area contributed by atoms with E-state index in [1.807, 2.05) is 0 Å². The molecular weight excluding hydrogens is 140 g/mol. The first-order chi connectivity index (χ1) is 5.36. The van der Waals surface area contributed by atoms with Crippen molar-refractivity contribution in [3.63, 3.8) is 0 Å². The Hall–Kier alpha value is -1.91. The van der Waals surface area contributed by atoms with Gasteiger partial charge in [0.25, 0.3) is 0 Å². The molecule has 0 bridgehead atoms. The molecule has 0 radical (unpaired) electrons. The average molecular weight is 144 g/mol. The van der Waals surface area contributed by atoms with Gasteiger partial charge in [-0.05, 0) is 12.1 Å². The van der Waals surface area contributed by atoms with Gasteiger partial charge in [-0.15, -0.1) is 0 Å². The Kier molecular flexibility index (Phi) is 2.16. The molecule has 0 N–H and O–H groups in total. The first-order valence-electron chi connectivity index (χ1n) is 2.92. The predicted molar refractivity (Wildman–Crippen MR) is 40.5 cm³/mol. The van der Waals surface area contributed by atoms with E-state index in [2.05, 4.69) is 9.84 Å². The second-order valence-electron chi connectivity index (χ2n) is 1.83. The van der Waals surface area contributed by atoms with E-state index in [-0.39, 0.29) is 0 Å². The number of benzene rings is 1. The van der Waals surface area contributed by atoms with Crippen molar-refractivity contribution in [1.29, 1.82) is 0 Å². The third kappa shape index (κ3) is 1.75. The summed E-state index contributed by atoms with van der Waals surface area (Å²) in [6.45, 7) is 6.63. The van der Waals surface area contributed by atoms with Crippen LogP contribution in [0.5, 0.6) is 0 Å². The molecule has 11 heavy (non-hydrogen) atoms. The number of rotatable bonds is 1. The summed E-state index contributed by atoms with van der Waals surface area (Å²) >= 11 is 0. The van der Waals surface area contributed by atoms with Crippen molar-refractivity contribution in [1.82, 2.24) is 0 Å². The van der Waals surface area contributed by atoms with E-state index in [1.165, 1.54) is 6.08 Å². The molecule has 0 aromatic heterocycles. The summed E-state index contributed by atoms with van der Waals surface area (Å²) in [5.41, 5.74) is 1.06. The molecule has 0 heterocycles. The van der Waals surface area contributed by atoms with E-state index in [0.29, 0.717) is 11.4 Å². The zero-order chi connectivity index (χ0) is 8.10. The molecule has 1 aromatic rings. The fraction of sp³-hybridized carbons (Fsp3) is 0. The molecule has 0 spiro atoms.